The van der Waals surface area contributed by atoms with Crippen molar-refractivity contribution in [2.75, 3.05) is 6.61 Å². The molecule has 1 aromatic heterocycles. The second-order valence-corrected chi connectivity index (χ2v) is 5.03. The van der Waals surface area contributed by atoms with Gasteiger partial charge < -0.3 is 4.74 Å². The molecule has 0 unspecified atom stereocenters. The summed E-state index contributed by atoms with van der Waals surface area (Å²) < 4.78 is 6.32. The van der Waals surface area contributed by atoms with Gasteiger partial charge in [0.15, 0.2) is 0 Å². The number of aromatic nitrogens is 2. The van der Waals surface area contributed by atoms with E-state index in [2.05, 4.69) is 5.10 Å². The number of hydrogen-bond donors (Lipinski definition) is 1. The lowest BCUT2D eigenvalue weighted by atomic mass is 10.2. The molecule has 21 heavy (non-hydrogen) atoms. The summed E-state index contributed by atoms with van der Waals surface area (Å²) >= 11 is 5.83. The molecule has 1 N–H and O–H groups in total. The summed E-state index contributed by atoms with van der Waals surface area (Å²) in [5.41, 5.74) is 1.38. The maximum absolute atomic E-state index is 11.9. The van der Waals surface area contributed by atoms with Gasteiger partial charge in [-0.1, -0.05) is 11.6 Å². The van der Waals surface area contributed by atoms with Crippen LogP contribution in [0.2, 0.25) is 5.02 Å². The van der Waals surface area contributed by atoms with E-state index < -0.39 is 0 Å². The van der Waals surface area contributed by atoms with Crippen LogP contribution in [0.1, 0.15) is 25.5 Å². The van der Waals surface area contributed by atoms with E-state index in [0.717, 1.165) is 11.4 Å². The van der Waals surface area contributed by atoms with Gasteiger partial charge >= 0.3 is 5.97 Å². The van der Waals surface area contributed by atoms with Crippen molar-refractivity contribution in [2.24, 2.45) is 0 Å². The smallest absolute Gasteiger partial charge is 0.305 e. The van der Waals surface area contributed by atoms with E-state index in [1.807, 2.05) is 0 Å². The molecule has 0 bridgehead atoms. The molecular weight excluding hydrogens is 292 g/mol. The lowest BCUT2D eigenvalue weighted by Crippen LogP contribution is -2.13. The van der Waals surface area contributed by atoms with Crippen LogP contribution in [0, 0.1) is 0 Å². The average Bonchev–Trinajstić information content (AvgIpc) is 2.81. The molecule has 0 spiro atoms. The van der Waals surface area contributed by atoms with E-state index in [4.69, 9.17) is 16.3 Å². The largest absolute Gasteiger partial charge is 0.466 e. The quantitative estimate of drug-likeness (QED) is 0.835. The summed E-state index contributed by atoms with van der Waals surface area (Å²) in [5, 5.41) is 3.65. The van der Waals surface area contributed by atoms with Crippen molar-refractivity contribution in [1.29, 1.82) is 0 Å². The molecule has 0 atom stereocenters. The lowest BCUT2D eigenvalue weighted by molar-refractivity contribution is -0.143. The van der Waals surface area contributed by atoms with Gasteiger partial charge in [0.25, 0.3) is 5.56 Å². The molecule has 1 aromatic carbocycles. The van der Waals surface area contributed by atoms with Gasteiger partial charge in [-0.05, 0) is 44.0 Å². The Labute approximate surface area is 127 Å². The van der Waals surface area contributed by atoms with Gasteiger partial charge in [-0.25, -0.2) is 4.68 Å². The van der Waals surface area contributed by atoms with Gasteiger partial charge in [0.1, 0.15) is 0 Å². The molecule has 2 aromatic rings. The molecule has 0 fully saturated rings. The van der Waals surface area contributed by atoms with Gasteiger partial charge in [-0.15, -0.1) is 0 Å². The molecule has 5 nitrogen and oxygen atoms in total. The summed E-state index contributed by atoms with van der Waals surface area (Å²) in [6.45, 7) is 2.17. The third-order valence-electron chi connectivity index (χ3n) is 2.99. The third-order valence-corrected chi connectivity index (χ3v) is 3.24. The summed E-state index contributed by atoms with van der Waals surface area (Å²) in [6, 6.07) is 8.53. The summed E-state index contributed by atoms with van der Waals surface area (Å²) in [4.78, 5) is 23.2. The Morgan fingerprint density at radius 3 is 2.71 bits per heavy atom. The molecule has 0 saturated heterocycles. The predicted molar refractivity (Wildman–Crippen MR) is 81.0 cm³/mol. The maximum Gasteiger partial charge on any atom is 0.305 e. The maximum atomic E-state index is 11.9. The van der Waals surface area contributed by atoms with Crippen LogP contribution in [0.25, 0.3) is 5.69 Å². The molecule has 0 radical (unpaired) electrons. The monoisotopic (exact) mass is 308 g/mol. The van der Waals surface area contributed by atoms with E-state index in [0.29, 0.717) is 30.9 Å². The number of benzene rings is 1. The van der Waals surface area contributed by atoms with Gasteiger partial charge in [0.2, 0.25) is 0 Å². The topological polar surface area (TPSA) is 64.1 Å². The SMILES string of the molecule is CCOC(=O)CCCc1cc(=O)n(-c2ccc(Cl)cc2)[nH]1. The first-order valence-electron chi connectivity index (χ1n) is 6.82. The van der Waals surface area contributed by atoms with Crippen molar-refractivity contribution in [3.05, 3.63) is 51.4 Å². The molecule has 2 rings (SSSR count). The van der Waals surface area contributed by atoms with Crippen LogP contribution in [-0.4, -0.2) is 22.4 Å². The molecule has 0 aliphatic rings. The number of aromatic amines is 1. The normalized spacial score (nSPS) is 10.6. The van der Waals surface area contributed by atoms with Gasteiger partial charge in [0, 0.05) is 23.2 Å². The minimum absolute atomic E-state index is 0.136. The highest BCUT2D eigenvalue weighted by atomic mass is 35.5. The molecule has 0 saturated carbocycles. The van der Waals surface area contributed by atoms with Crippen LogP contribution in [-0.2, 0) is 16.0 Å². The van der Waals surface area contributed by atoms with Crippen LogP contribution in [0.3, 0.4) is 0 Å². The Bertz CT molecular complexity index is 658. The van der Waals surface area contributed by atoms with Crippen molar-refractivity contribution in [3.8, 4) is 5.69 Å². The summed E-state index contributed by atoms with van der Waals surface area (Å²) in [6.07, 6.45) is 1.61. The third kappa shape index (κ3) is 4.23. The molecule has 6 heteroatoms. The molecule has 1 heterocycles. The fourth-order valence-corrected chi connectivity index (χ4v) is 2.14. The van der Waals surface area contributed by atoms with E-state index in [9.17, 15) is 9.59 Å². The summed E-state index contributed by atoms with van der Waals surface area (Å²) in [5.74, 6) is -0.211. The Kier molecular flexibility index (Phi) is 5.22. The standard InChI is InChI=1S/C15H17ClN2O3/c1-2-21-15(20)5-3-4-12-10-14(19)18(17-12)13-8-6-11(16)7-9-13/h6-10,17H,2-5H2,1H3. The van der Waals surface area contributed by atoms with Crippen LogP contribution in [0.5, 0.6) is 0 Å². The Balaban J connectivity index is 2.01. The zero-order chi connectivity index (χ0) is 15.2. The van der Waals surface area contributed by atoms with Crippen molar-refractivity contribution >= 4 is 17.6 Å². The van der Waals surface area contributed by atoms with Crippen LogP contribution in [0.4, 0.5) is 0 Å². The van der Waals surface area contributed by atoms with E-state index in [-0.39, 0.29) is 11.5 Å². The second-order valence-electron chi connectivity index (χ2n) is 4.59. The summed E-state index contributed by atoms with van der Waals surface area (Å²) in [7, 11) is 0. The molecule has 0 aliphatic heterocycles. The van der Waals surface area contributed by atoms with Gasteiger partial charge in [0.05, 0.1) is 12.3 Å². The minimum Gasteiger partial charge on any atom is -0.466 e. The van der Waals surface area contributed by atoms with Gasteiger partial charge in [-0.2, -0.15) is 0 Å². The lowest BCUT2D eigenvalue weighted by Gasteiger charge is -2.03. The van der Waals surface area contributed by atoms with E-state index in [1.165, 1.54) is 4.68 Å². The number of rotatable bonds is 6. The number of carbonyl (C=O) groups excluding carboxylic acids is 1. The zero-order valence-electron chi connectivity index (χ0n) is 11.8. The number of H-pyrrole nitrogens is 1. The average molecular weight is 309 g/mol. The fourth-order valence-electron chi connectivity index (χ4n) is 2.01. The van der Waals surface area contributed by atoms with Crippen LogP contribution in [0.15, 0.2) is 35.1 Å². The Hall–Kier alpha value is -2.01. The van der Waals surface area contributed by atoms with Crippen molar-refractivity contribution in [2.45, 2.75) is 26.2 Å². The number of ether oxygens (including phenoxy) is 1. The first-order valence-corrected chi connectivity index (χ1v) is 7.20. The highest BCUT2D eigenvalue weighted by Crippen LogP contribution is 2.12. The predicted octanol–water partition coefficient (Wildman–Crippen LogP) is 2.70. The van der Waals surface area contributed by atoms with Crippen LogP contribution < -0.4 is 5.56 Å². The fraction of sp³-hybridized carbons (Fsp3) is 0.333. The second kappa shape index (κ2) is 7.13. The van der Waals surface area contributed by atoms with E-state index in [1.54, 1.807) is 37.3 Å². The number of hydrogen-bond acceptors (Lipinski definition) is 3. The van der Waals surface area contributed by atoms with Crippen molar-refractivity contribution in [3.63, 3.8) is 0 Å². The molecule has 112 valence electrons. The number of aryl methyl sites for hydroxylation is 1. The molecule has 0 aliphatic carbocycles. The first kappa shape index (κ1) is 15.4. The van der Waals surface area contributed by atoms with Gasteiger partial charge in [-0.3, -0.25) is 14.7 Å². The Morgan fingerprint density at radius 1 is 1.33 bits per heavy atom. The first-order chi connectivity index (χ1) is 10.1. The number of carbonyl (C=O) groups is 1. The highest BCUT2D eigenvalue weighted by Gasteiger charge is 2.07. The zero-order valence-corrected chi connectivity index (χ0v) is 12.5. The van der Waals surface area contributed by atoms with Crippen molar-refractivity contribution < 1.29 is 9.53 Å². The number of esters is 1. The van der Waals surface area contributed by atoms with E-state index >= 15 is 0 Å². The number of halogens is 1. The number of nitrogens with one attached hydrogen (secondary N) is 1. The highest BCUT2D eigenvalue weighted by molar-refractivity contribution is 6.30. The van der Waals surface area contributed by atoms with Crippen LogP contribution >= 0.6 is 11.6 Å². The molecule has 0 amide bonds. The number of nitrogens with zero attached hydrogens (tertiary/aromatic N) is 1. The van der Waals surface area contributed by atoms with Crippen molar-refractivity contribution in [1.82, 2.24) is 9.78 Å². The molecular formula is C15H17ClN2O3. The Morgan fingerprint density at radius 2 is 2.05 bits per heavy atom. The minimum atomic E-state index is -0.211.